The normalized spacial score (nSPS) is 10.7. The quantitative estimate of drug-likeness (QED) is 0.638. The zero-order valence-corrected chi connectivity index (χ0v) is 12.9. The van der Waals surface area contributed by atoms with Gasteiger partial charge >= 0.3 is 0 Å². The van der Waals surface area contributed by atoms with Crippen molar-refractivity contribution in [3.8, 4) is 11.5 Å². The van der Waals surface area contributed by atoms with Crippen molar-refractivity contribution >= 4 is 27.5 Å². The molecule has 0 N–H and O–H groups in total. The number of benzene rings is 2. The van der Waals surface area contributed by atoms with Gasteiger partial charge in [-0.3, -0.25) is 0 Å². The van der Waals surface area contributed by atoms with E-state index in [0.717, 1.165) is 17.7 Å². The average molecular weight is 349 g/mol. The van der Waals surface area contributed by atoms with Crippen LogP contribution in [0.15, 0.2) is 63.7 Å². The second-order valence-corrected chi connectivity index (χ2v) is 5.57. The largest absolute Gasteiger partial charge is 0.429 e. The Morgan fingerprint density at radius 3 is 2.40 bits per heavy atom. The minimum atomic E-state index is 0.597. The Morgan fingerprint density at radius 2 is 1.70 bits per heavy atom. The van der Waals surface area contributed by atoms with Crippen molar-refractivity contribution in [1.29, 1.82) is 0 Å². The first-order valence-electron chi connectivity index (χ1n) is 6.17. The lowest BCUT2D eigenvalue weighted by molar-refractivity contribution is 0.547. The fourth-order valence-corrected chi connectivity index (χ4v) is 2.46. The zero-order chi connectivity index (χ0) is 13.9. The van der Waals surface area contributed by atoms with Crippen LogP contribution in [0.4, 0.5) is 0 Å². The van der Waals surface area contributed by atoms with E-state index in [0.29, 0.717) is 15.6 Å². The van der Waals surface area contributed by atoms with Crippen molar-refractivity contribution in [2.75, 3.05) is 0 Å². The maximum absolute atomic E-state index is 5.88. The number of oxazole rings is 1. The summed E-state index contributed by atoms with van der Waals surface area (Å²) in [4.78, 5) is 4.55. The van der Waals surface area contributed by atoms with Crippen LogP contribution in [0.2, 0.25) is 5.02 Å². The van der Waals surface area contributed by atoms with Crippen molar-refractivity contribution in [3.63, 3.8) is 0 Å². The number of hydrogen-bond acceptors (Lipinski definition) is 2. The Morgan fingerprint density at radius 1 is 1.00 bits per heavy atom. The number of nitrogens with zero attached hydrogens (tertiary/aromatic N) is 1. The highest BCUT2D eigenvalue weighted by Crippen LogP contribution is 2.28. The smallest absolute Gasteiger partial charge is 0.227 e. The summed E-state index contributed by atoms with van der Waals surface area (Å²) in [7, 11) is 0. The molecule has 0 radical (unpaired) electrons. The summed E-state index contributed by atoms with van der Waals surface area (Å²) < 4.78 is 6.35. The van der Waals surface area contributed by atoms with Crippen LogP contribution in [0.5, 0.6) is 0 Å². The highest BCUT2D eigenvalue weighted by Gasteiger charge is 2.12. The first-order valence-corrected chi connectivity index (χ1v) is 7.34. The Balaban J connectivity index is 1.89. The van der Waals surface area contributed by atoms with Crippen LogP contribution in [0.3, 0.4) is 0 Å². The van der Waals surface area contributed by atoms with Gasteiger partial charge in [-0.1, -0.05) is 41.9 Å². The van der Waals surface area contributed by atoms with Crippen LogP contribution in [0.25, 0.3) is 11.5 Å². The molecular weight excluding hydrogens is 338 g/mol. The maximum Gasteiger partial charge on any atom is 0.227 e. The topological polar surface area (TPSA) is 26.0 Å². The van der Waals surface area contributed by atoms with E-state index in [-0.39, 0.29) is 0 Å². The summed E-state index contributed by atoms with van der Waals surface area (Å²) in [6.45, 7) is 0. The van der Waals surface area contributed by atoms with Gasteiger partial charge in [-0.05, 0) is 45.8 Å². The van der Waals surface area contributed by atoms with E-state index < -0.39 is 0 Å². The molecule has 0 aliphatic heterocycles. The Labute approximate surface area is 130 Å². The van der Waals surface area contributed by atoms with Gasteiger partial charge in [0.25, 0.3) is 0 Å². The molecule has 100 valence electrons. The van der Waals surface area contributed by atoms with E-state index in [2.05, 4.69) is 33.0 Å². The molecule has 0 aliphatic carbocycles. The Kier molecular flexibility index (Phi) is 3.90. The molecule has 3 rings (SSSR count). The van der Waals surface area contributed by atoms with E-state index in [4.69, 9.17) is 16.0 Å². The van der Waals surface area contributed by atoms with Crippen LogP contribution < -0.4 is 0 Å². The van der Waals surface area contributed by atoms with E-state index in [9.17, 15) is 0 Å². The lowest BCUT2D eigenvalue weighted by Crippen LogP contribution is -1.89. The van der Waals surface area contributed by atoms with Gasteiger partial charge < -0.3 is 4.42 Å². The number of halogens is 2. The average Bonchev–Trinajstić information content (AvgIpc) is 2.82. The SMILES string of the molecule is Clc1ccc(-c2nc(Cc3ccccc3)c(Br)o2)cc1. The molecule has 1 aromatic heterocycles. The van der Waals surface area contributed by atoms with Crippen LogP contribution in [-0.2, 0) is 6.42 Å². The van der Waals surface area contributed by atoms with Crippen molar-refractivity contribution in [1.82, 2.24) is 4.98 Å². The van der Waals surface area contributed by atoms with E-state index in [1.165, 1.54) is 5.56 Å². The second-order valence-electron chi connectivity index (χ2n) is 4.41. The molecule has 2 aromatic carbocycles. The summed E-state index contributed by atoms with van der Waals surface area (Å²) in [6, 6.07) is 17.6. The molecule has 0 amide bonds. The molecule has 20 heavy (non-hydrogen) atoms. The third-order valence-corrected chi connectivity index (χ3v) is 3.83. The third kappa shape index (κ3) is 2.94. The minimum Gasteiger partial charge on any atom is -0.429 e. The first-order chi connectivity index (χ1) is 9.72. The van der Waals surface area contributed by atoms with E-state index >= 15 is 0 Å². The van der Waals surface area contributed by atoms with Crippen LogP contribution in [-0.4, -0.2) is 4.98 Å². The predicted octanol–water partition coefficient (Wildman–Crippen LogP) is 5.35. The van der Waals surface area contributed by atoms with Crippen molar-refractivity contribution in [2.24, 2.45) is 0 Å². The van der Waals surface area contributed by atoms with Crippen molar-refractivity contribution in [3.05, 3.63) is 75.5 Å². The molecule has 2 nitrogen and oxygen atoms in total. The van der Waals surface area contributed by atoms with Gasteiger partial charge in [0.1, 0.15) is 0 Å². The van der Waals surface area contributed by atoms with Crippen LogP contribution >= 0.6 is 27.5 Å². The third-order valence-electron chi connectivity index (χ3n) is 2.96. The van der Waals surface area contributed by atoms with Crippen LogP contribution in [0, 0.1) is 0 Å². The van der Waals surface area contributed by atoms with Crippen molar-refractivity contribution < 1.29 is 4.42 Å². The molecule has 0 bridgehead atoms. The molecular formula is C16H11BrClNO. The molecule has 0 aliphatic rings. The monoisotopic (exact) mass is 347 g/mol. The molecule has 0 unspecified atom stereocenters. The highest BCUT2D eigenvalue weighted by atomic mass is 79.9. The van der Waals surface area contributed by atoms with Gasteiger partial charge in [-0.25, -0.2) is 4.98 Å². The fraction of sp³-hybridized carbons (Fsp3) is 0.0625. The lowest BCUT2D eigenvalue weighted by atomic mass is 10.1. The fourth-order valence-electron chi connectivity index (χ4n) is 1.95. The summed E-state index contributed by atoms with van der Waals surface area (Å²) in [5.41, 5.74) is 3.00. The van der Waals surface area contributed by atoms with Crippen LogP contribution in [0.1, 0.15) is 11.3 Å². The van der Waals surface area contributed by atoms with Gasteiger partial charge in [-0.2, -0.15) is 0 Å². The summed E-state index contributed by atoms with van der Waals surface area (Å²) >= 11 is 9.31. The van der Waals surface area contributed by atoms with Crippen molar-refractivity contribution in [2.45, 2.75) is 6.42 Å². The van der Waals surface area contributed by atoms with Gasteiger partial charge in [0, 0.05) is 17.0 Å². The molecule has 0 atom stereocenters. The van der Waals surface area contributed by atoms with E-state index in [1.807, 2.05) is 42.5 Å². The van der Waals surface area contributed by atoms with Gasteiger partial charge in [0.2, 0.25) is 5.89 Å². The van der Waals surface area contributed by atoms with Gasteiger partial charge in [0.05, 0.1) is 5.69 Å². The number of hydrogen-bond donors (Lipinski definition) is 0. The Bertz CT molecular complexity index is 707. The standard InChI is InChI=1S/C16H11BrClNO/c17-15-14(10-11-4-2-1-3-5-11)19-16(20-15)12-6-8-13(18)9-7-12/h1-9H,10H2. The number of rotatable bonds is 3. The summed E-state index contributed by atoms with van der Waals surface area (Å²) in [5.74, 6) is 0.597. The summed E-state index contributed by atoms with van der Waals surface area (Å²) in [6.07, 6.45) is 0.735. The van der Waals surface area contributed by atoms with E-state index in [1.54, 1.807) is 0 Å². The molecule has 0 saturated carbocycles. The molecule has 1 heterocycles. The number of aromatic nitrogens is 1. The maximum atomic E-state index is 5.88. The minimum absolute atomic E-state index is 0.597. The highest BCUT2D eigenvalue weighted by molar-refractivity contribution is 9.10. The Hall–Kier alpha value is -1.58. The zero-order valence-electron chi connectivity index (χ0n) is 10.5. The molecule has 4 heteroatoms. The first kappa shape index (κ1) is 13.4. The molecule has 0 spiro atoms. The predicted molar refractivity (Wildman–Crippen MR) is 83.9 cm³/mol. The molecule has 0 saturated heterocycles. The van der Waals surface area contributed by atoms with Gasteiger partial charge in [0.15, 0.2) is 4.67 Å². The second kappa shape index (κ2) is 5.81. The molecule has 0 fully saturated rings. The molecule has 3 aromatic rings. The lowest BCUT2D eigenvalue weighted by Gasteiger charge is -1.96. The van der Waals surface area contributed by atoms with Gasteiger partial charge in [-0.15, -0.1) is 0 Å². The summed E-state index contributed by atoms with van der Waals surface area (Å²) in [5, 5.41) is 0.698.